The van der Waals surface area contributed by atoms with Crippen molar-refractivity contribution in [1.82, 2.24) is 5.32 Å². The standard InChI is InChI=1S/C18H29N/c1-6-13-9-10-15(11-14(13)7-2)17(19-8-3)16-12-18(16,4)5/h9-11,16-17,19H,6-8,12H2,1-5H3. The molecule has 1 aromatic rings. The van der Waals surface area contributed by atoms with Gasteiger partial charge in [-0.25, -0.2) is 0 Å². The van der Waals surface area contributed by atoms with Crippen LogP contribution in [0.25, 0.3) is 0 Å². The van der Waals surface area contributed by atoms with Crippen LogP contribution in [0, 0.1) is 11.3 Å². The maximum Gasteiger partial charge on any atom is 0.0353 e. The monoisotopic (exact) mass is 259 g/mol. The second kappa shape index (κ2) is 5.66. The summed E-state index contributed by atoms with van der Waals surface area (Å²) >= 11 is 0. The van der Waals surface area contributed by atoms with Crippen molar-refractivity contribution in [3.8, 4) is 0 Å². The van der Waals surface area contributed by atoms with Crippen molar-refractivity contribution in [2.45, 2.75) is 59.9 Å². The minimum absolute atomic E-state index is 0.517. The molecule has 0 spiro atoms. The molecule has 1 saturated carbocycles. The highest BCUT2D eigenvalue weighted by Crippen LogP contribution is 2.57. The molecule has 19 heavy (non-hydrogen) atoms. The Morgan fingerprint density at radius 1 is 1.16 bits per heavy atom. The van der Waals surface area contributed by atoms with Crippen LogP contribution in [0.4, 0.5) is 0 Å². The van der Waals surface area contributed by atoms with Crippen molar-refractivity contribution >= 4 is 0 Å². The Morgan fingerprint density at radius 3 is 2.26 bits per heavy atom. The highest BCUT2D eigenvalue weighted by molar-refractivity contribution is 5.35. The first kappa shape index (κ1) is 14.6. The van der Waals surface area contributed by atoms with Gasteiger partial charge in [-0.1, -0.05) is 52.8 Å². The van der Waals surface area contributed by atoms with Gasteiger partial charge in [-0.2, -0.15) is 0 Å². The van der Waals surface area contributed by atoms with Crippen molar-refractivity contribution < 1.29 is 0 Å². The Balaban J connectivity index is 2.27. The van der Waals surface area contributed by atoms with Gasteiger partial charge in [-0.05, 0) is 53.8 Å². The molecule has 0 radical (unpaired) electrons. The SMILES string of the molecule is CCNC(c1ccc(CC)c(CC)c1)C1CC1(C)C. The van der Waals surface area contributed by atoms with Gasteiger partial charge >= 0.3 is 0 Å². The zero-order valence-corrected chi connectivity index (χ0v) is 13.2. The Morgan fingerprint density at radius 2 is 1.79 bits per heavy atom. The Bertz CT molecular complexity index is 433. The zero-order valence-electron chi connectivity index (χ0n) is 13.2. The van der Waals surface area contributed by atoms with Crippen LogP contribution in [0.3, 0.4) is 0 Å². The quantitative estimate of drug-likeness (QED) is 0.792. The summed E-state index contributed by atoms with van der Waals surface area (Å²) < 4.78 is 0. The minimum atomic E-state index is 0.517. The summed E-state index contributed by atoms with van der Waals surface area (Å²) in [6, 6.07) is 7.67. The molecule has 1 aliphatic rings. The molecule has 0 bridgehead atoms. The van der Waals surface area contributed by atoms with Gasteiger partial charge in [0.05, 0.1) is 0 Å². The normalized spacial score (nSPS) is 22.3. The van der Waals surface area contributed by atoms with Crippen molar-refractivity contribution in [1.29, 1.82) is 0 Å². The van der Waals surface area contributed by atoms with Crippen LogP contribution in [0.15, 0.2) is 18.2 Å². The van der Waals surface area contributed by atoms with E-state index in [4.69, 9.17) is 0 Å². The fraction of sp³-hybridized carbons (Fsp3) is 0.667. The van der Waals surface area contributed by atoms with Gasteiger partial charge in [0.25, 0.3) is 0 Å². The van der Waals surface area contributed by atoms with Crippen LogP contribution < -0.4 is 5.32 Å². The summed E-state index contributed by atoms with van der Waals surface area (Å²) in [7, 11) is 0. The lowest BCUT2D eigenvalue weighted by atomic mass is 9.92. The van der Waals surface area contributed by atoms with E-state index in [1.54, 1.807) is 0 Å². The predicted octanol–water partition coefficient (Wildman–Crippen LogP) is 4.51. The summed E-state index contributed by atoms with van der Waals surface area (Å²) in [5.41, 5.74) is 5.05. The molecule has 1 fully saturated rings. The van der Waals surface area contributed by atoms with Crippen LogP contribution in [0.1, 0.15) is 63.8 Å². The molecule has 2 rings (SSSR count). The average molecular weight is 259 g/mol. The van der Waals surface area contributed by atoms with E-state index in [0.29, 0.717) is 11.5 Å². The third-order valence-corrected chi connectivity index (χ3v) is 4.77. The molecular formula is C18H29N. The number of hydrogen-bond acceptors (Lipinski definition) is 1. The van der Waals surface area contributed by atoms with E-state index < -0.39 is 0 Å². The van der Waals surface area contributed by atoms with Crippen molar-refractivity contribution in [2.75, 3.05) is 6.54 Å². The smallest absolute Gasteiger partial charge is 0.0353 e. The second-order valence-electron chi connectivity index (χ2n) is 6.57. The molecule has 0 aliphatic heterocycles. The summed E-state index contributed by atoms with van der Waals surface area (Å²) in [6.45, 7) is 12.6. The van der Waals surface area contributed by atoms with E-state index in [1.165, 1.54) is 23.1 Å². The number of aryl methyl sites for hydroxylation is 2. The van der Waals surface area contributed by atoms with Gasteiger partial charge in [-0.3, -0.25) is 0 Å². The number of hydrogen-bond donors (Lipinski definition) is 1. The lowest BCUT2D eigenvalue weighted by Gasteiger charge is -2.22. The molecular weight excluding hydrogens is 230 g/mol. The van der Waals surface area contributed by atoms with Crippen LogP contribution in [0.2, 0.25) is 0 Å². The third-order valence-electron chi connectivity index (χ3n) is 4.77. The molecule has 1 nitrogen and oxygen atoms in total. The predicted molar refractivity (Wildman–Crippen MR) is 83.5 cm³/mol. The summed E-state index contributed by atoms with van der Waals surface area (Å²) in [5.74, 6) is 0.796. The summed E-state index contributed by atoms with van der Waals surface area (Å²) in [6.07, 6.45) is 3.63. The fourth-order valence-corrected chi connectivity index (χ4v) is 3.30. The second-order valence-corrected chi connectivity index (χ2v) is 6.57. The van der Waals surface area contributed by atoms with Crippen LogP contribution >= 0.6 is 0 Å². The highest BCUT2D eigenvalue weighted by Gasteiger charge is 2.50. The minimum Gasteiger partial charge on any atom is -0.310 e. The Labute approximate surface area is 118 Å². The van der Waals surface area contributed by atoms with Crippen molar-refractivity contribution in [2.24, 2.45) is 11.3 Å². The summed E-state index contributed by atoms with van der Waals surface area (Å²) in [5, 5.41) is 3.71. The van der Waals surface area contributed by atoms with Crippen molar-refractivity contribution in [3.63, 3.8) is 0 Å². The molecule has 2 atom stereocenters. The number of rotatable bonds is 6. The molecule has 0 saturated heterocycles. The van der Waals surface area contributed by atoms with Gasteiger partial charge in [0.1, 0.15) is 0 Å². The molecule has 0 heterocycles. The van der Waals surface area contributed by atoms with E-state index >= 15 is 0 Å². The molecule has 1 N–H and O–H groups in total. The van der Waals surface area contributed by atoms with Gasteiger partial charge in [0, 0.05) is 6.04 Å². The first-order valence-corrected chi connectivity index (χ1v) is 7.88. The van der Waals surface area contributed by atoms with Crippen LogP contribution in [-0.2, 0) is 12.8 Å². The molecule has 0 amide bonds. The summed E-state index contributed by atoms with van der Waals surface area (Å²) in [4.78, 5) is 0. The zero-order chi connectivity index (χ0) is 14.0. The first-order chi connectivity index (χ1) is 9.03. The molecule has 1 aromatic carbocycles. The Kier molecular flexibility index (Phi) is 4.35. The Hall–Kier alpha value is -0.820. The van der Waals surface area contributed by atoms with E-state index in [1.807, 2.05) is 0 Å². The van der Waals surface area contributed by atoms with E-state index in [9.17, 15) is 0 Å². The van der Waals surface area contributed by atoms with Crippen LogP contribution in [0.5, 0.6) is 0 Å². The van der Waals surface area contributed by atoms with Gasteiger partial charge in [0.2, 0.25) is 0 Å². The topological polar surface area (TPSA) is 12.0 Å². The highest BCUT2D eigenvalue weighted by atomic mass is 14.9. The molecule has 2 unspecified atom stereocenters. The van der Waals surface area contributed by atoms with Gasteiger partial charge in [-0.15, -0.1) is 0 Å². The number of benzene rings is 1. The first-order valence-electron chi connectivity index (χ1n) is 7.88. The number of nitrogens with one attached hydrogen (secondary N) is 1. The molecule has 106 valence electrons. The average Bonchev–Trinajstić information content (AvgIpc) is 3.03. The molecule has 1 aliphatic carbocycles. The van der Waals surface area contributed by atoms with E-state index in [-0.39, 0.29) is 0 Å². The molecule has 1 heteroatoms. The third kappa shape index (κ3) is 3.02. The maximum absolute atomic E-state index is 3.71. The fourth-order valence-electron chi connectivity index (χ4n) is 3.30. The van der Waals surface area contributed by atoms with E-state index in [0.717, 1.165) is 25.3 Å². The lowest BCUT2D eigenvalue weighted by Crippen LogP contribution is -2.24. The lowest BCUT2D eigenvalue weighted by molar-refractivity contribution is 0.423. The van der Waals surface area contributed by atoms with E-state index in [2.05, 4.69) is 58.1 Å². The molecule has 0 aromatic heterocycles. The van der Waals surface area contributed by atoms with Crippen molar-refractivity contribution in [3.05, 3.63) is 34.9 Å². The van der Waals surface area contributed by atoms with Crippen LogP contribution in [-0.4, -0.2) is 6.54 Å². The maximum atomic E-state index is 3.71. The van der Waals surface area contributed by atoms with Gasteiger partial charge in [0.15, 0.2) is 0 Å². The van der Waals surface area contributed by atoms with Gasteiger partial charge < -0.3 is 5.32 Å². The largest absolute Gasteiger partial charge is 0.310 e.